The molecule has 0 saturated carbocycles. The molecule has 0 N–H and O–H groups in total. The van der Waals surface area contributed by atoms with Gasteiger partial charge in [0, 0.05) is 0 Å². The Kier molecular flexibility index (Phi) is 11.9. The molecule has 180 valence electrons. The maximum Gasteiger partial charge on any atom is 0.261 e. The van der Waals surface area contributed by atoms with Gasteiger partial charge in [0.15, 0.2) is 0 Å². The van der Waals surface area contributed by atoms with Gasteiger partial charge in [-0.25, -0.2) is 0 Å². The molecule has 0 radical (unpaired) electrons. The Balaban J connectivity index is 2.42. The SMILES string of the molecule is CCCCC/C=C/C=C\C(CCCCC)O[Si](c1ccccc1)(c1ccccc1)C(C)(C)C. The highest BCUT2D eigenvalue weighted by Gasteiger charge is 2.51. The van der Waals surface area contributed by atoms with Crippen molar-refractivity contribution in [2.75, 3.05) is 0 Å². The number of rotatable bonds is 14. The van der Waals surface area contributed by atoms with Crippen LogP contribution in [0, 0.1) is 0 Å². The summed E-state index contributed by atoms with van der Waals surface area (Å²) < 4.78 is 7.38. The molecule has 2 rings (SSSR count). The van der Waals surface area contributed by atoms with Crippen molar-refractivity contribution in [3.8, 4) is 0 Å². The van der Waals surface area contributed by atoms with Gasteiger partial charge in [-0.1, -0.05) is 152 Å². The van der Waals surface area contributed by atoms with E-state index in [4.69, 9.17) is 4.43 Å². The molecule has 2 heteroatoms. The molecule has 0 bridgehead atoms. The Hall–Kier alpha value is -1.90. The highest BCUT2D eigenvalue weighted by Crippen LogP contribution is 2.38. The lowest BCUT2D eigenvalue weighted by atomic mass is 10.1. The minimum absolute atomic E-state index is 0.00252. The van der Waals surface area contributed by atoms with Crippen LogP contribution in [0.3, 0.4) is 0 Å². The first-order valence-electron chi connectivity index (χ1n) is 13.1. The van der Waals surface area contributed by atoms with Gasteiger partial charge in [-0.15, -0.1) is 0 Å². The summed E-state index contributed by atoms with van der Waals surface area (Å²) in [6.45, 7) is 11.6. The summed E-state index contributed by atoms with van der Waals surface area (Å²) in [4.78, 5) is 0. The highest BCUT2D eigenvalue weighted by atomic mass is 28.4. The van der Waals surface area contributed by atoms with Gasteiger partial charge in [-0.2, -0.15) is 0 Å². The van der Waals surface area contributed by atoms with Gasteiger partial charge in [0.1, 0.15) is 0 Å². The van der Waals surface area contributed by atoms with Crippen LogP contribution in [0.2, 0.25) is 5.04 Å². The number of benzene rings is 2. The second kappa shape index (κ2) is 14.4. The number of allylic oxidation sites excluding steroid dienone is 3. The molecular weight excluding hydrogens is 416 g/mol. The van der Waals surface area contributed by atoms with Crippen LogP contribution in [0.25, 0.3) is 0 Å². The first-order chi connectivity index (χ1) is 16.0. The predicted molar refractivity (Wildman–Crippen MR) is 149 cm³/mol. The Labute approximate surface area is 205 Å². The van der Waals surface area contributed by atoms with Gasteiger partial charge >= 0.3 is 0 Å². The maximum absolute atomic E-state index is 7.38. The maximum atomic E-state index is 7.38. The van der Waals surface area contributed by atoms with E-state index in [1.165, 1.54) is 48.9 Å². The average Bonchev–Trinajstić information content (AvgIpc) is 2.82. The van der Waals surface area contributed by atoms with Crippen LogP contribution in [0.4, 0.5) is 0 Å². The zero-order valence-corrected chi connectivity index (χ0v) is 22.7. The fourth-order valence-electron chi connectivity index (χ4n) is 4.58. The first-order valence-corrected chi connectivity index (χ1v) is 15.0. The summed E-state index contributed by atoms with van der Waals surface area (Å²) in [5.41, 5.74) is 0. The van der Waals surface area contributed by atoms with Gasteiger partial charge in [0.2, 0.25) is 0 Å². The lowest BCUT2D eigenvalue weighted by Crippen LogP contribution is -2.67. The minimum atomic E-state index is -2.53. The van der Waals surface area contributed by atoms with E-state index in [0.717, 1.165) is 12.8 Å². The molecule has 0 aliphatic rings. The zero-order chi connectivity index (χ0) is 24.0. The molecule has 0 aliphatic heterocycles. The molecule has 1 unspecified atom stereocenters. The summed E-state index contributed by atoms with van der Waals surface area (Å²) in [7, 11) is -2.53. The van der Waals surface area contributed by atoms with Crippen molar-refractivity contribution < 1.29 is 4.43 Å². The van der Waals surface area contributed by atoms with E-state index in [1.807, 2.05) is 0 Å². The molecule has 33 heavy (non-hydrogen) atoms. The molecule has 1 atom stereocenters. The van der Waals surface area contributed by atoms with E-state index in [2.05, 4.69) is 120 Å². The van der Waals surface area contributed by atoms with Crippen LogP contribution in [0.15, 0.2) is 85.0 Å². The lowest BCUT2D eigenvalue weighted by Gasteiger charge is -2.45. The fourth-order valence-corrected chi connectivity index (χ4v) is 9.25. The summed E-state index contributed by atoms with van der Waals surface area (Å²) in [5, 5.41) is 2.71. The number of hydrogen-bond donors (Lipinski definition) is 0. The van der Waals surface area contributed by atoms with Crippen molar-refractivity contribution in [2.45, 2.75) is 97.1 Å². The quantitative estimate of drug-likeness (QED) is 0.156. The van der Waals surface area contributed by atoms with Crippen molar-refractivity contribution in [1.29, 1.82) is 0 Å². The molecule has 2 aromatic carbocycles. The van der Waals surface area contributed by atoms with E-state index < -0.39 is 8.32 Å². The number of unbranched alkanes of at least 4 members (excludes halogenated alkanes) is 5. The van der Waals surface area contributed by atoms with E-state index in [9.17, 15) is 0 Å². The summed E-state index contributed by atoms with van der Waals surface area (Å²) in [5.74, 6) is 0. The van der Waals surface area contributed by atoms with E-state index >= 15 is 0 Å². The molecule has 0 fully saturated rings. The van der Waals surface area contributed by atoms with Crippen LogP contribution in [-0.2, 0) is 4.43 Å². The van der Waals surface area contributed by atoms with Crippen molar-refractivity contribution in [2.24, 2.45) is 0 Å². The van der Waals surface area contributed by atoms with Crippen LogP contribution in [0.1, 0.15) is 86.0 Å². The second-order valence-corrected chi connectivity index (χ2v) is 14.4. The fraction of sp³-hybridized carbons (Fsp3) is 0.484. The summed E-state index contributed by atoms with van der Waals surface area (Å²) >= 11 is 0. The third-order valence-corrected chi connectivity index (χ3v) is 11.4. The number of hydrogen-bond acceptors (Lipinski definition) is 1. The monoisotopic (exact) mass is 462 g/mol. The van der Waals surface area contributed by atoms with Gasteiger partial charge in [0.25, 0.3) is 8.32 Å². The second-order valence-electron chi connectivity index (χ2n) is 10.1. The topological polar surface area (TPSA) is 9.23 Å². The smallest absolute Gasteiger partial charge is 0.261 e. The molecule has 0 aromatic heterocycles. The Bertz CT molecular complexity index is 778. The Morgan fingerprint density at radius 1 is 0.758 bits per heavy atom. The molecule has 0 spiro atoms. The van der Waals surface area contributed by atoms with E-state index in [1.54, 1.807) is 0 Å². The molecule has 0 amide bonds. The van der Waals surface area contributed by atoms with E-state index in [0.29, 0.717) is 0 Å². The third-order valence-electron chi connectivity index (χ3n) is 6.38. The highest BCUT2D eigenvalue weighted by molar-refractivity contribution is 6.99. The van der Waals surface area contributed by atoms with Crippen molar-refractivity contribution in [3.63, 3.8) is 0 Å². The zero-order valence-electron chi connectivity index (χ0n) is 21.7. The molecule has 2 aromatic rings. The van der Waals surface area contributed by atoms with Crippen LogP contribution in [-0.4, -0.2) is 14.4 Å². The molecule has 0 heterocycles. The average molecular weight is 463 g/mol. The van der Waals surface area contributed by atoms with Crippen LogP contribution >= 0.6 is 0 Å². The molecule has 0 saturated heterocycles. The normalized spacial score (nSPS) is 13.7. The van der Waals surface area contributed by atoms with Gasteiger partial charge in [0.05, 0.1) is 6.10 Å². The minimum Gasteiger partial charge on any atom is -0.401 e. The molecular formula is C31H46OSi. The first kappa shape index (κ1) is 27.3. The molecule has 0 aliphatic carbocycles. The Morgan fingerprint density at radius 3 is 1.82 bits per heavy atom. The summed E-state index contributed by atoms with van der Waals surface area (Å²) in [6.07, 6.45) is 18.9. The predicted octanol–water partition coefficient (Wildman–Crippen LogP) is 8.20. The standard InChI is InChI=1S/C31H46OSi/c1-6-8-10-11-12-13-17-23-28(22-16-9-7-2)32-33(31(3,4)5,29-24-18-14-19-25-29)30-26-20-15-21-27-30/h12-15,17-21,23-28H,6-11,16,22H2,1-5H3/b13-12+,23-17-. The van der Waals surface area contributed by atoms with Gasteiger partial charge in [-0.05, 0) is 34.7 Å². The lowest BCUT2D eigenvalue weighted by molar-refractivity contribution is 0.218. The molecule has 1 nitrogen and oxygen atoms in total. The van der Waals surface area contributed by atoms with Gasteiger partial charge < -0.3 is 4.43 Å². The van der Waals surface area contributed by atoms with Crippen molar-refractivity contribution in [1.82, 2.24) is 0 Å². The van der Waals surface area contributed by atoms with Crippen LogP contribution in [0.5, 0.6) is 0 Å². The van der Waals surface area contributed by atoms with Crippen molar-refractivity contribution in [3.05, 3.63) is 85.0 Å². The van der Waals surface area contributed by atoms with Crippen LogP contribution < -0.4 is 10.4 Å². The van der Waals surface area contributed by atoms with E-state index in [-0.39, 0.29) is 11.1 Å². The Morgan fingerprint density at radius 2 is 1.30 bits per heavy atom. The van der Waals surface area contributed by atoms with Crippen molar-refractivity contribution >= 4 is 18.7 Å². The third kappa shape index (κ3) is 8.12. The van der Waals surface area contributed by atoms with Gasteiger partial charge in [-0.3, -0.25) is 0 Å². The largest absolute Gasteiger partial charge is 0.401 e. The summed E-state index contributed by atoms with van der Waals surface area (Å²) in [6, 6.07) is 22.0.